The van der Waals surface area contributed by atoms with E-state index in [9.17, 15) is 84.2 Å². The molecule has 0 spiro atoms. The largest absolute Gasteiger partial charge is 0.481 e. The van der Waals surface area contributed by atoms with Gasteiger partial charge in [0, 0.05) is 13.0 Å². The van der Waals surface area contributed by atoms with Crippen LogP contribution in [0.3, 0.4) is 0 Å². The van der Waals surface area contributed by atoms with Gasteiger partial charge in [-0.05, 0) is 0 Å². The molecular formula is C17H18F17N2O5+. The minimum Gasteiger partial charge on any atom is -0.481 e. The molecule has 0 aliphatic carbocycles. The molecule has 0 aromatic rings. The molecule has 0 saturated carbocycles. The molecule has 0 radical (unpaired) electrons. The van der Waals surface area contributed by atoms with Gasteiger partial charge in [0.05, 0.1) is 33.6 Å². The lowest BCUT2D eigenvalue weighted by Crippen LogP contribution is -2.68. The molecule has 0 heterocycles. The second-order valence-corrected chi connectivity index (χ2v) is 8.63. The predicted molar refractivity (Wildman–Crippen MR) is 94.6 cm³/mol. The number of hydrogen-bond acceptors (Lipinski definition) is 4. The quantitative estimate of drug-likeness (QED) is 0.158. The second kappa shape index (κ2) is 11.7. The van der Waals surface area contributed by atoms with Crippen molar-refractivity contribution in [3.63, 3.8) is 0 Å². The van der Waals surface area contributed by atoms with Gasteiger partial charge in [0.15, 0.2) is 0 Å². The average Bonchev–Trinajstić information content (AvgIpc) is 2.71. The Balaban J connectivity index is 6.24. The molecule has 7 nitrogen and oxygen atoms in total. The molecule has 1 amide bonds. The number of carbonyl (C=O) groups is 2. The average molecular weight is 653 g/mol. The number of carboxylic acids is 1. The fraction of sp³-hybridized carbons (Fsp3) is 0.882. The van der Waals surface area contributed by atoms with Gasteiger partial charge in [-0.1, -0.05) is 0 Å². The maximum Gasteiger partial charge on any atom is 0.462 e. The number of ether oxygens (including phenoxy) is 2. The summed E-state index contributed by atoms with van der Waals surface area (Å²) in [5, 5.41) is 9.49. The summed E-state index contributed by atoms with van der Waals surface area (Å²) in [6.45, 7) is -1.53. The van der Waals surface area contributed by atoms with Crippen molar-refractivity contribution in [1.29, 1.82) is 0 Å². The van der Waals surface area contributed by atoms with Gasteiger partial charge in [0.25, 0.3) is 5.91 Å². The lowest BCUT2D eigenvalue weighted by Gasteiger charge is -2.40. The summed E-state index contributed by atoms with van der Waals surface area (Å²) in [7, 11) is 2.67. The number of aliphatic carboxylic acids is 1. The van der Waals surface area contributed by atoms with Crippen molar-refractivity contribution in [2.75, 3.05) is 33.7 Å². The zero-order chi connectivity index (χ0) is 33.3. The van der Waals surface area contributed by atoms with Crippen molar-refractivity contribution >= 4 is 11.9 Å². The van der Waals surface area contributed by atoms with Crippen LogP contribution in [0.15, 0.2) is 0 Å². The molecule has 2 unspecified atom stereocenters. The van der Waals surface area contributed by atoms with Crippen LogP contribution in [0.25, 0.3) is 0 Å². The maximum absolute atomic E-state index is 14.4. The van der Waals surface area contributed by atoms with Crippen LogP contribution >= 0.6 is 0 Å². The highest BCUT2D eigenvalue weighted by Crippen LogP contribution is 2.56. The lowest BCUT2D eigenvalue weighted by atomic mass is 10.2. The summed E-state index contributed by atoms with van der Waals surface area (Å²) < 4.78 is 226. The fourth-order valence-corrected chi connectivity index (χ4v) is 2.50. The van der Waals surface area contributed by atoms with E-state index in [2.05, 4.69) is 0 Å². The molecule has 0 rings (SSSR count). The standard InChI is InChI=1S/C17H17F17N2O5/c1-36(2,7-4-8(37)38)6-3-5-35-9(39)10(18,13(22,23)24)40-17(33,34)12(21,15(28,29)30)41-16(31,32)11(19,20)14(25,26)27/h3-7H2,1-2H3,(H-,35,37,38,39)/p+1. The molecule has 0 bridgehead atoms. The van der Waals surface area contributed by atoms with Gasteiger partial charge in [-0.2, -0.15) is 74.6 Å². The fourth-order valence-electron chi connectivity index (χ4n) is 2.50. The molecule has 0 fully saturated rings. The highest BCUT2D eigenvalue weighted by Gasteiger charge is 2.85. The maximum atomic E-state index is 14.4. The number of nitrogens with zero attached hydrogens (tertiary/aromatic N) is 1. The van der Waals surface area contributed by atoms with E-state index in [0.717, 1.165) is 5.32 Å². The number of nitrogens with one attached hydrogen (secondary N) is 1. The highest BCUT2D eigenvalue weighted by atomic mass is 19.4. The van der Waals surface area contributed by atoms with Crippen LogP contribution in [0.1, 0.15) is 12.8 Å². The zero-order valence-corrected chi connectivity index (χ0v) is 20.0. The van der Waals surface area contributed by atoms with E-state index in [-0.39, 0.29) is 17.6 Å². The van der Waals surface area contributed by atoms with Gasteiger partial charge in [0.2, 0.25) is 0 Å². The van der Waals surface area contributed by atoms with Crippen molar-refractivity contribution in [2.45, 2.75) is 61.2 Å². The van der Waals surface area contributed by atoms with Crippen LogP contribution in [-0.2, 0) is 19.1 Å². The molecule has 0 aromatic carbocycles. The number of carbonyl (C=O) groups excluding carboxylic acids is 1. The zero-order valence-electron chi connectivity index (χ0n) is 20.0. The van der Waals surface area contributed by atoms with Crippen LogP contribution in [0, 0.1) is 0 Å². The van der Waals surface area contributed by atoms with Crippen LogP contribution < -0.4 is 5.32 Å². The van der Waals surface area contributed by atoms with Crippen LogP contribution in [-0.4, -0.2) is 104 Å². The lowest BCUT2D eigenvalue weighted by molar-refractivity contribution is -0.889. The predicted octanol–water partition coefficient (Wildman–Crippen LogP) is 4.92. The number of alkyl halides is 17. The normalized spacial score (nSPS) is 17.5. The smallest absolute Gasteiger partial charge is 0.462 e. The molecule has 41 heavy (non-hydrogen) atoms. The van der Waals surface area contributed by atoms with Crippen LogP contribution in [0.4, 0.5) is 74.6 Å². The van der Waals surface area contributed by atoms with Crippen molar-refractivity contribution in [1.82, 2.24) is 5.32 Å². The minimum absolute atomic E-state index is 0.137. The second-order valence-electron chi connectivity index (χ2n) is 8.63. The van der Waals surface area contributed by atoms with Crippen LogP contribution in [0.5, 0.6) is 0 Å². The van der Waals surface area contributed by atoms with E-state index in [1.165, 1.54) is 18.8 Å². The molecule has 0 saturated heterocycles. The van der Waals surface area contributed by atoms with Gasteiger partial charge < -0.3 is 14.9 Å². The van der Waals surface area contributed by atoms with Gasteiger partial charge in [-0.3, -0.25) is 19.1 Å². The number of carboxylic acid groups (broad SMARTS) is 1. The first kappa shape index (κ1) is 38.6. The third-order valence-electron chi connectivity index (χ3n) is 4.81. The summed E-state index contributed by atoms with van der Waals surface area (Å²) in [6, 6.07) is 0. The van der Waals surface area contributed by atoms with Gasteiger partial charge in [0.1, 0.15) is 0 Å². The highest BCUT2D eigenvalue weighted by molar-refractivity contribution is 5.84. The van der Waals surface area contributed by atoms with E-state index < -0.39 is 79.6 Å². The number of quaternary nitrogens is 1. The summed E-state index contributed by atoms with van der Waals surface area (Å²) in [6.07, 6.45) is -39.6. The summed E-state index contributed by atoms with van der Waals surface area (Å²) in [5.74, 6) is -27.5. The molecular weight excluding hydrogens is 635 g/mol. The summed E-state index contributed by atoms with van der Waals surface area (Å²) in [4.78, 5) is 22.2. The number of hydrogen-bond donors (Lipinski definition) is 2. The number of rotatable bonds is 14. The molecule has 0 aliphatic rings. The van der Waals surface area contributed by atoms with E-state index in [1.807, 2.05) is 4.74 Å². The molecule has 2 atom stereocenters. The number of amides is 1. The van der Waals surface area contributed by atoms with Gasteiger partial charge >= 0.3 is 54.3 Å². The molecule has 24 heteroatoms. The van der Waals surface area contributed by atoms with E-state index in [4.69, 9.17) is 5.11 Å². The van der Waals surface area contributed by atoms with Crippen LogP contribution in [0.2, 0.25) is 0 Å². The summed E-state index contributed by atoms with van der Waals surface area (Å²) in [5.41, 5.74) is 0. The monoisotopic (exact) mass is 653 g/mol. The van der Waals surface area contributed by atoms with Gasteiger partial charge in [-0.25, -0.2) is 0 Å². The van der Waals surface area contributed by atoms with E-state index in [1.54, 1.807) is 0 Å². The Labute approximate surface area is 216 Å². The SMILES string of the molecule is C[N+](C)(CCCNC(=O)C(F)(OC(F)(F)C(F)(OC(F)(F)C(F)(F)C(F)(F)F)C(F)(F)F)C(F)(F)F)CCC(=O)O. The van der Waals surface area contributed by atoms with Crippen molar-refractivity contribution in [3.8, 4) is 0 Å². The topological polar surface area (TPSA) is 84.9 Å². The van der Waals surface area contributed by atoms with Crippen molar-refractivity contribution in [2.24, 2.45) is 0 Å². The third kappa shape index (κ3) is 8.58. The first-order valence-electron chi connectivity index (χ1n) is 10.1. The molecule has 2 N–H and O–H groups in total. The Morgan fingerprint density at radius 3 is 1.51 bits per heavy atom. The molecule has 244 valence electrons. The Hall–Kier alpha value is -2.37. The van der Waals surface area contributed by atoms with Gasteiger partial charge in [-0.15, -0.1) is 0 Å². The van der Waals surface area contributed by atoms with Crippen molar-refractivity contribution < 1.29 is 103 Å². The Morgan fingerprint density at radius 2 is 1.15 bits per heavy atom. The first-order valence-corrected chi connectivity index (χ1v) is 10.1. The third-order valence-corrected chi connectivity index (χ3v) is 4.81. The number of halogens is 17. The van der Waals surface area contributed by atoms with E-state index >= 15 is 0 Å². The summed E-state index contributed by atoms with van der Waals surface area (Å²) >= 11 is 0. The Morgan fingerprint density at radius 1 is 0.683 bits per heavy atom. The van der Waals surface area contributed by atoms with E-state index in [0.29, 0.717) is 0 Å². The first-order chi connectivity index (χ1) is 17.7. The Kier molecular flexibility index (Phi) is 11.0. The minimum atomic E-state index is -8.08. The van der Waals surface area contributed by atoms with Crippen molar-refractivity contribution in [3.05, 3.63) is 0 Å². The Bertz CT molecular complexity index is 934. The molecule has 0 aromatic heterocycles. The molecule has 0 aliphatic heterocycles.